The molecule has 128 valence electrons. The van der Waals surface area contributed by atoms with Crippen LogP contribution in [-0.2, 0) is 0 Å². The Balaban J connectivity index is 1.41. The minimum atomic E-state index is -0.519. The molecule has 3 aromatic rings. The molecular formula is C19H17F2N3O. The Hall–Kier alpha value is -2.76. The Morgan fingerprint density at radius 3 is 2.48 bits per heavy atom. The lowest BCUT2D eigenvalue weighted by Crippen LogP contribution is -2.34. The van der Waals surface area contributed by atoms with Gasteiger partial charge >= 0.3 is 0 Å². The van der Waals surface area contributed by atoms with E-state index in [0.717, 1.165) is 35.7 Å². The number of hydrogen-bond acceptors (Lipinski definition) is 4. The molecule has 2 aromatic carbocycles. The molecule has 0 radical (unpaired) electrons. The summed E-state index contributed by atoms with van der Waals surface area (Å²) in [6.45, 7) is 1.75. The summed E-state index contributed by atoms with van der Waals surface area (Å²) in [5.74, 6) is 0.160. The molecule has 0 amide bonds. The quantitative estimate of drug-likeness (QED) is 0.748. The Bertz CT molecular complexity index is 883. The number of hydrogen-bond donors (Lipinski definition) is 1. The van der Waals surface area contributed by atoms with Crippen molar-refractivity contribution in [2.75, 3.05) is 5.32 Å². The van der Waals surface area contributed by atoms with Crippen LogP contribution in [0.3, 0.4) is 0 Å². The predicted octanol–water partition coefficient (Wildman–Crippen LogP) is 4.68. The van der Waals surface area contributed by atoms with Crippen LogP contribution in [0, 0.1) is 18.6 Å². The van der Waals surface area contributed by atoms with E-state index in [1.54, 1.807) is 6.92 Å². The van der Waals surface area contributed by atoms with Crippen molar-refractivity contribution in [2.45, 2.75) is 31.7 Å². The molecule has 25 heavy (non-hydrogen) atoms. The van der Waals surface area contributed by atoms with Crippen LogP contribution < -0.4 is 5.32 Å². The molecule has 1 aliphatic rings. The summed E-state index contributed by atoms with van der Waals surface area (Å²) in [5.41, 5.74) is 2.54. The van der Waals surface area contributed by atoms with Crippen LogP contribution >= 0.6 is 0 Å². The molecule has 4 nitrogen and oxygen atoms in total. The van der Waals surface area contributed by atoms with E-state index in [9.17, 15) is 8.78 Å². The van der Waals surface area contributed by atoms with Gasteiger partial charge in [-0.2, -0.15) is 0 Å². The number of anilines is 1. The van der Waals surface area contributed by atoms with Crippen molar-refractivity contribution < 1.29 is 13.2 Å². The number of aromatic nitrogens is 2. The molecule has 0 atom stereocenters. The molecule has 6 heteroatoms. The van der Waals surface area contributed by atoms with Gasteiger partial charge in [-0.25, -0.2) is 8.78 Å². The summed E-state index contributed by atoms with van der Waals surface area (Å²) in [4.78, 5) is 0. The number of nitrogens with zero attached hydrogens (tertiary/aromatic N) is 2. The van der Waals surface area contributed by atoms with Crippen LogP contribution in [0.1, 0.15) is 30.2 Å². The van der Waals surface area contributed by atoms with E-state index in [2.05, 4.69) is 15.5 Å². The van der Waals surface area contributed by atoms with E-state index in [-0.39, 0.29) is 12.0 Å². The van der Waals surface area contributed by atoms with Gasteiger partial charge in [-0.1, -0.05) is 6.07 Å². The fourth-order valence-electron chi connectivity index (χ4n) is 3.21. The molecule has 1 saturated carbocycles. The molecule has 4 rings (SSSR count). The van der Waals surface area contributed by atoms with Gasteiger partial charge in [0.2, 0.25) is 11.8 Å². The lowest BCUT2D eigenvalue weighted by atomic mass is 9.75. The SMILES string of the molecule is Cc1nnc(-c2cccc(NC3CC(c4cc(F)cc(F)c4)C3)c2)o1. The van der Waals surface area contributed by atoms with Crippen LogP contribution in [-0.4, -0.2) is 16.2 Å². The van der Waals surface area contributed by atoms with Gasteiger partial charge in [-0.15, -0.1) is 10.2 Å². The minimum absolute atomic E-state index is 0.185. The minimum Gasteiger partial charge on any atom is -0.421 e. The van der Waals surface area contributed by atoms with Crippen molar-refractivity contribution in [3.8, 4) is 11.5 Å². The lowest BCUT2D eigenvalue weighted by Gasteiger charge is -2.37. The fraction of sp³-hybridized carbons (Fsp3) is 0.263. The van der Waals surface area contributed by atoms with Gasteiger partial charge in [0.1, 0.15) is 11.6 Å². The highest BCUT2D eigenvalue weighted by Gasteiger charge is 2.30. The van der Waals surface area contributed by atoms with Crippen molar-refractivity contribution in [1.82, 2.24) is 10.2 Å². The summed E-state index contributed by atoms with van der Waals surface area (Å²) in [6.07, 6.45) is 1.68. The topological polar surface area (TPSA) is 51.0 Å². The summed E-state index contributed by atoms with van der Waals surface area (Å²) >= 11 is 0. The van der Waals surface area contributed by atoms with Gasteiger partial charge < -0.3 is 9.73 Å². The first kappa shape index (κ1) is 15.7. The van der Waals surface area contributed by atoms with Crippen molar-refractivity contribution in [1.29, 1.82) is 0 Å². The monoisotopic (exact) mass is 341 g/mol. The predicted molar refractivity (Wildman–Crippen MR) is 90.2 cm³/mol. The average Bonchev–Trinajstić information content (AvgIpc) is 2.96. The molecule has 0 unspecified atom stereocenters. The van der Waals surface area contributed by atoms with Crippen molar-refractivity contribution in [3.63, 3.8) is 0 Å². The maximum Gasteiger partial charge on any atom is 0.247 e. The molecule has 0 saturated heterocycles. The van der Waals surface area contributed by atoms with Crippen LogP contribution in [0.15, 0.2) is 46.9 Å². The zero-order valence-electron chi connectivity index (χ0n) is 13.7. The molecule has 1 fully saturated rings. The fourth-order valence-corrected chi connectivity index (χ4v) is 3.21. The van der Waals surface area contributed by atoms with E-state index in [0.29, 0.717) is 11.8 Å². The van der Waals surface area contributed by atoms with Gasteiger partial charge in [-0.05, 0) is 54.7 Å². The Labute approximate surface area is 143 Å². The van der Waals surface area contributed by atoms with Gasteiger partial charge in [-0.3, -0.25) is 0 Å². The number of halogens is 2. The first-order valence-electron chi connectivity index (χ1n) is 8.20. The van der Waals surface area contributed by atoms with Gasteiger partial charge in [0.15, 0.2) is 0 Å². The Morgan fingerprint density at radius 1 is 1.04 bits per heavy atom. The van der Waals surface area contributed by atoms with Gasteiger partial charge in [0.05, 0.1) is 0 Å². The zero-order chi connectivity index (χ0) is 17.4. The van der Waals surface area contributed by atoms with E-state index in [1.807, 2.05) is 24.3 Å². The third-order valence-corrected chi connectivity index (χ3v) is 4.50. The third-order valence-electron chi connectivity index (χ3n) is 4.50. The highest BCUT2D eigenvalue weighted by atomic mass is 19.1. The Kier molecular flexibility index (Phi) is 3.95. The smallest absolute Gasteiger partial charge is 0.247 e. The standard InChI is InChI=1S/C19H17F2N3O/c1-11-23-24-19(25-11)12-3-2-4-17(7-12)22-18-8-14(9-18)13-5-15(20)10-16(21)6-13/h2-7,10,14,18,22H,8-9H2,1H3. The van der Waals surface area contributed by atoms with E-state index < -0.39 is 11.6 Å². The van der Waals surface area contributed by atoms with Crippen LogP contribution in [0.25, 0.3) is 11.5 Å². The second-order valence-corrected chi connectivity index (χ2v) is 6.42. The third kappa shape index (κ3) is 3.38. The second-order valence-electron chi connectivity index (χ2n) is 6.42. The lowest BCUT2D eigenvalue weighted by molar-refractivity contribution is 0.371. The molecule has 1 N–H and O–H groups in total. The second kappa shape index (κ2) is 6.27. The number of nitrogens with one attached hydrogen (secondary N) is 1. The summed E-state index contributed by atoms with van der Waals surface area (Å²) in [7, 11) is 0. The molecule has 1 heterocycles. The van der Waals surface area contributed by atoms with Crippen molar-refractivity contribution >= 4 is 5.69 Å². The maximum absolute atomic E-state index is 13.3. The van der Waals surface area contributed by atoms with Gasteiger partial charge in [0, 0.05) is 30.3 Å². The largest absolute Gasteiger partial charge is 0.421 e. The molecular weight excluding hydrogens is 324 g/mol. The van der Waals surface area contributed by atoms with E-state index >= 15 is 0 Å². The molecule has 1 aliphatic carbocycles. The highest BCUT2D eigenvalue weighted by molar-refractivity contribution is 5.61. The summed E-state index contributed by atoms with van der Waals surface area (Å²) < 4.78 is 32.1. The normalized spacial score (nSPS) is 19.5. The number of rotatable bonds is 4. The summed E-state index contributed by atoms with van der Waals surface area (Å²) in [6, 6.07) is 11.8. The van der Waals surface area contributed by atoms with Crippen LogP contribution in [0.2, 0.25) is 0 Å². The van der Waals surface area contributed by atoms with Crippen LogP contribution in [0.5, 0.6) is 0 Å². The number of aryl methyl sites for hydroxylation is 1. The maximum atomic E-state index is 13.3. The molecule has 0 bridgehead atoms. The van der Waals surface area contributed by atoms with E-state index in [1.165, 1.54) is 12.1 Å². The van der Waals surface area contributed by atoms with Crippen molar-refractivity contribution in [3.05, 3.63) is 65.6 Å². The number of benzene rings is 2. The van der Waals surface area contributed by atoms with Gasteiger partial charge in [0.25, 0.3) is 0 Å². The highest BCUT2D eigenvalue weighted by Crippen LogP contribution is 2.39. The van der Waals surface area contributed by atoms with Crippen LogP contribution in [0.4, 0.5) is 14.5 Å². The average molecular weight is 341 g/mol. The van der Waals surface area contributed by atoms with E-state index in [4.69, 9.17) is 4.42 Å². The Morgan fingerprint density at radius 2 is 1.80 bits per heavy atom. The zero-order valence-corrected chi connectivity index (χ0v) is 13.7. The first-order valence-corrected chi connectivity index (χ1v) is 8.20. The molecule has 0 aliphatic heterocycles. The van der Waals surface area contributed by atoms with Crippen molar-refractivity contribution in [2.24, 2.45) is 0 Å². The summed E-state index contributed by atoms with van der Waals surface area (Å²) in [5, 5.41) is 11.3. The molecule has 1 aromatic heterocycles. The first-order chi connectivity index (χ1) is 12.1. The molecule has 0 spiro atoms.